The molecule has 203 valence electrons. The van der Waals surface area contributed by atoms with Crippen molar-refractivity contribution in [3.8, 4) is 11.1 Å². The van der Waals surface area contributed by atoms with Crippen LogP contribution in [0.5, 0.6) is 0 Å². The third-order valence-electron chi connectivity index (χ3n) is 8.86. The van der Waals surface area contributed by atoms with Crippen molar-refractivity contribution >= 4 is 12.1 Å². The quantitative estimate of drug-likeness (QED) is 0.410. The number of fused-ring (bicyclic) bond motifs is 3. The zero-order chi connectivity index (χ0) is 26.0. The fourth-order valence-electron chi connectivity index (χ4n) is 7.10. The van der Waals surface area contributed by atoms with E-state index in [9.17, 15) is 0 Å². The molecule has 2 aromatic carbocycles. The van der Waals surface area contributed by atoms with E-state index in [1.54, 1.807) is 44.5 Å². The fourth-order valence-corrected chi connectivity index (χ4v) is 11.9. The molecule has 1 saturated carbocycles. The molecule has 5 rings (SSSR count). The third-order valence-corrected chi connectivity index (χ3v) is 12.9. The van der Waals surface area contributed by atoms with Crippen molar-refractivity contribution < 1.29 is 47.6 Å². The summed E-state index contributed by atoms with van der Waals surface area (Å²) in [4.78, 5) is 0. The predicted molar refractivity (Wildman–Crippen MR) is 156 cm³/mol. The second-order valence-corrected chi connectivity index (χ2v) is 17.2. The Kier molecular flexibility index (Phi) is 9.72. The average Bonchev–Trinajstić information content (AvgIpc) is 3.45. The van der Waals surface area contributed by atoms with Gasteiger partial charge in [-0.2, -0.15) is 0 Å². The monoisotopic (exact) mass is 625 g/mol. The summed E-state index contributed by atoms with van der Waals surface area (Å²) < 4.78 is 3.81. The molecule has 2 aromatic rings. The Bertz CT molecular complexity index is 1330. The maximum Gasteiger partial charge on any atom is -1.00 e. The molecule has 0 unspecified atom stereocenters. The van der Waals surface area contributed by atoms with E-state index in [2.05, 4.69) is 86.6 Å². The molecule has 3 aliphatic rings. The number of benzene rings is 2. The number of hydrogen-bond acceptors (Lipinski definition) is 0. The van der Waals surface area contributed by atoms with Crippen LogP contribution in [0.4, 0.5) is 0 Å². The minimum atomic E-state index is -0.823. The maximum absolute atomic E-state index is 2.59. The molecule has 0 radical (unpaired) electrons. The molecule has 0 atom stereocenters. The van der Waals surface area contributed by atoms with Gasteiger partial charge in [0, 0.05) is 0 Å². The van der Waals surface area contributed by atoms with Gasteiger partial charge >= 0.3 is 233 Å². The van der Waals surface area contributed by atoms with Gasteiger partial charge in [-0.15, -0.1) is 0 Å². The topological polar surface area (TPSA) is 0 Å². The summed E-state index contributed by atoms with van der Waals surface area (Å²) in [5.74, 6) is 0. The van der Waals surface area contributed by atoms with Crippen molar-refractivity contribution in [2.24, 2.45) is 0 Å². The van der Waals surface area contributed by atoms with Gasteiger partial charge in [0.25, 0.3) is 0 Å². The zero-order valence-corrected chi connectivity index (χ0v) is 29.0. The molecule has 0 bridgehead atoms. The van der Waals surface area contributed by atoms with Gasteiger partial charge in [-0.05, 0) is 0 Å². The molecule has 3 heteroatoms. The number of rotatable bonds is 2. The van der Waals surface area contributed by atoms with Crippen LogP contribution in [0.3, 0.4) is 0 Å². The van der Waals surface area contributed by atoms with E-state index in [1.807, 2.05) is 6.48 Å². The number of halogens is 2. The Hall–Kier alpha value is -0.747. The van der Waals surface area contributed by atoms with E-state index in [4.69, 9.17) is 0 Å². The molecular formula is C35H45Cl2Zr. The Balaban J connectivity index is 0.00000200. The van der Waals surface area contributed by atoms with E-state index in [0.717, 1.165) is 12.8 Å². The fraction of sp³-hybridized carbons (Fsp3) is 0.514. The van der Waals surface area contributed by atoms with Crippen LogP contribution in [0.25, 0.3) is 16.7 Å². The van der Waals surface area contributed by atoms with Gasteiger partial charge in [-0.3, -0.25) is 0 Å². The molecule has 38 heavy (non-hydrogen) atoms. The summed E-state index contributed by atoms with van der Waals surface area (Å²) in [6, 6.07) is 2.59. The van der Waals surface area contributed by atoms with Gasteiger partial charge in [-0.1, -0.05) is 0 Å². The first-order valence-electron chi connectivity index (χ1n) is 14.2. The van der Waals surface area contributed by atoms with Crippen molar-refractivity contribution in [3.63, 3.8) is 0 Å². The summed E-state index contributed by atoms with van der Waals surface area (Å²) in [6.45, 7) is 21.8. The van der Waals surface area contributed by atoms with E-state index < -0.39 is 22.8 Å². The summed E-state index contributed by atoms with van der Waals surface area (Å²) in [5, 5.41) is 0. The van der Waals surface area contributed by atoms with E-state index in [0.29, 0.717) is 0 Å². The maximum atomic E-state index is 2.59. The average molecular weight is 628 g/mol. The summed E-state index contributed by atoms with van der Waals surface area (Å²) >= 11 is -0.823. The number of allylic oxidation sites excluding steroid dienone is 4. The van der Waals surface area contributed by atoms with E-state index >= 15 is 0 Å². The molecule has 0 saturated heterocycles. The largest absolute Gasteiger partial charge is 1.00 e. The second kappa shape index (κ2) is 11.6. The van der Waals surface area contributed by atoms with Gasteiger partial charge in [0.2, 0.25) is 0 Å². The van der Waals surface area contributed by atoms with Gasteiger partial charge in [0.05, 0.1) is 0 Å². The SMILES string of the molecule is Cc1c(C(C)(C)C)cc2c(c1C)-c1c(C)c(C3=CC=CC3)c(C(C)(C)C)[c]([Zr+2]=[C]3CCCCC3)c1C2.[Cl-].[Cl-]. The van der Waals surface area contributed by atoms with Gasteiger partial charge < -0.3 is 24.8 Å². The van der Waals surface area contributed by atoms with Crippen LogP contribution in [0.2, 0.25) is 0 Å². The summed E-state index contributed by atoms with van der Waals surface area (Å²) in [5.41, 5.74) is 17.8. The molecule has 0 aromatic heterocycles. The van der Waals surface area contributed by atoms with Crippen molar-refractivity contribution in [1.82, 2.24) is 0 Å². The summed E-state index contributed by atoms with van der Waals surface area (Å²) in [6.07, 6.45) is 16.3. The van der Waals surface area contributed by atoms with Crippen LogP contribution in [-0.4, -0.2) is 3.21 Å². The Morgan fingerprint density at radius 3 is 1.95 bits per heavy atom. The van der Waals surface area contributed by atoms with Gasteiger partial charge in [-0.25, -0.2) is 0 Å². The minimum absolute atomic E-state index is 0. The molecule has 0 N–H and O–H groups in total. The third kappa shape index (κ3) is 5.56. The number of hydrogen-bond donors (Lipinski definition) is 0. The molecule has 0 heterocycles. The first-order valence-corrected chi connectivity index (χ1v) is 16.7. The van der Waals surface area contributed by atoms with Crippen molar-refractivity contribution in [3.05, 3.63) is 68.8 Å². The summed E-state index contributed by atoms with van der Waals surface area (Å²) in [7, 11) is 0. The normalized spacial score (nSPS) is 16.3. The van der Waals surface area contributed by atoms with Crippen molar-refractivity contribution in [2.45, 2.75) is 118 Å². The molecule has 0 spiro atoms. The zero-order valence-electron chi connectivity index (χ0n) is 25.0. The van der Waals surface area contributed by atoms with Crippen LogP contribution in [0.15, 0.2) is 24.3 Å². The first kappa shape index (κ1) is 31.8. The van der Waals surface area contributed by atoms with Crippen molar-refractivity contribution in [1.29, 1.82) is 0 Å². The standard InChI is InChI=1S/C29H35.C6H10.2ClH.Zr/c1-17-18(2)26-21(15-23(17)28(4,5)6)14-22-16-24(29(7,8)9)25(19(3)27(22)26)20-12-10-11-13-20;1-2-4-6-5-3-1;;;/h10-12,15H,13-14H2,1-9H3;1-5H2;2*1H;/q;;;;+2/p-2. The Labute approximate surface area is 256 Å². The Morgan fingerprint density at radius 1 is 0.737 bits per heavy atom. The molecular weight excluding hydrogens is 583 g/mol. The van der Waals surface area contributed by atoms with Crippen LogP contribution in [-0.2, 0) is 40.0 Å². The molecule has 3 aliphatic carbocycles. The van der Waals surface area contributed by atoms with E-state index in [-0.39, 0.29) is 35.6 Å². The molecule has 1 fully saturated rings. The first-order chi connectivity index (χ1) is 16.9. The molecule has 0 aliphatic heterocycles. The Morgan fingerprint density at radius 2 is 1.39 bits per heavy atom. The van der Waals surface area contributed by atoms with Crippen LogP contribution in [0, 0.1) is 20.8 Å². The molecule has 0 nitrogen and oxygen atoms in total. The van der Waals surface area contributed by atoms with Crippen molar-refractivity contribution in [2.75, 3.05) is 0 Å². The van der Waals surface area contributed by atoms with Gasteiger partial charge in [0.15, 0.2) is 0 Å². The van der Waals surface area contributed by atoms with Crippen LogP contribution >= 0.6 is 0 Å². The molecule has 0 amide bonds. The predicted octanol–water partition coefficient (Wildman–Crippen LogP) is 2.97. The minimum Gasteiger partial charge on any atom is -1.00 e. The smallest absolute Gasteiger partial charge is 1.00 e. The second-order valence-electron chi connectivity index (χ2n) is 13.6. The van der Waals surface area contributed by atoms with Crippen LogP contribution in [0.1, 0.15) is 125 Å². The van der Waals surface area contributed by atoms with Gasteiger partial charge in [0.1, 0.15) is 0 Å². The van der Waals surface area contributed by atoms with Crippen LogP contribution < -0.4 is 28.1 Å². The van der Waals surface area contributed by atoms with E-state index in [1.165, 1.54) is 48.8 Å².